The summed E-state index contributed by atoms with van der Waals surface area (Å²) in [5.74, 6) is 2.63. The number of hydrogen-bond acceptors (Lipinski definition) is 0. The van der Waals surface area contributed by atoms with Gasteiger partial charge >= 0.3 is 10.2 Å². The molecule has 0 aromatic heterocycles. The van der Waals surface area contributed by atoms with Gasteiger partial charge in [0.1, 0.15) is 4.90 Å². The van der Waals surface area contributed by atoms with Crippen LogP contribution in [0.5, 0.6) is 0 Å². The van der Waals surface area contributed by atoms with Crippen molar-refractivity contribution in [1.82, 2.24) is 0 Å². The molecule has 1 aromatic carbocycles. The highest BCUT2D eigenvalue weighted by Crippen LogP contribution is 3.02. The van der Waals surface area contributed by atoms with E-state index in [0.29, 0.717) is 12.1 Å². The van der Waals surface area contributed by atoms with Crippen LogP contribution in [-0.4, -0.2) is 0 Å². The number of hydrogen-bond donors (Lipinski definition) is 0. The molecule has 0 radical (unpaired) electrons. The lowest BCUT2D eigenvalue weighted by Gasteiger charge is -2.41. The smallest absolute Gasteiger partial charge is 0.0936 e. The zero-order chi connectivity index (χ0) is 21.2. The minimum atomic E-state index is -9.56. The molecule has 3 rings (SSSR count). The van der Waals surface area contributed by atoms with E-state index >= 15 is 0 Å². The summed E-state index contributed by atoms with van der Waals surface area (Å²) in [4.78, 5) is -1.78. The molecule has 6 heteroatoms. The summed E-state index contributed by atoms with van der Waals surface area (Å²) in [6, 6.07) is 3.67. The number of rotatable bonds is 7. The van der Waals surface area contributed by atoms with Gasteiger partial charge in [-0.1, -0.05) is 77.0 Å². The molecule has 2 aliphatic carbocycles. The topological polar surface area (TPSA) is 0 Å². The lowest BCUT2D eigenvalue weighted by atomic mass is 9.68. The Labute approximate surface area is 172 Å². The molecule has 2 aliphatic rings. The molecule has 1 aromatic rings. The minimum absolute atomic E-state index is 0.198. The summed E-state index contributed by atoms with van der Waals surface area (Å²) in [6.07, 6.45) is 14.8. The molecule has 2 saturated carbocycles. The normalized spacial score (nSPS) is 31.1. The van der Waals surface area contributed by atoms with Gasteiger partial charge in [0.05, 0.1) is 0 Å². The van der Waals surface area contributed by atoms with Crippen LogP contribution >= 0.6 is 10.2 Å². The van der Waals surface area contributed by atoms with E-state index in [-0.39, 0.29) is 5.92 Å². The quantitative estimate of drug-likeness (QED) is 0.293. The maximum Gasteiger partial charge on any atom is 0.310 e. The zero-order valence-corrected chi connectivity index (χ0v) is 18.2. The Kier molecular flexibility index (Phi) is 6.35. The highest BCUT2D eigenvalue weighted by Gasteiger charge is 2.65. The fourth-order valence-electron chi connectivity index (χ4n) is 5.55. The Morgan fingerprint density at radius 2 is 1.24 bits per heavy atom. The van der Waals surface area contributed by atoms with Crippen LogP contribution in [0.3, 0.4) is 0 Å². The molecule has 0 unspecified atom stereocenters. The summed E-state index contributed by atoms with van der Waals surface area (Å²) < 4.78 is 64.5. The van der Waals surface area contributed by atoms with Gasteiger partial charge in [-0.2, -0.15) is 0 Å². The van der Waals surface area contributed by atoms with Crippen LogP contribution in [-0.2, 0) is 0 Å². The van der Waals surface area contributed by atoms with Crippen molar-refractivity contribution in [2.24, 2.45) is 17.8 Å². The first kappa shape index (κ1) is 22.9. The van der Waals surface area contributed by atoms with Gasteiger partial charge in [-0.05, 0) is 79.9 Å². The van der Waals surface area contributed by atoms with Crippen LogP contribution < -0.4 is 0 Å². The fourth-order valence-corrected chi connectivity index (χ4v) is 6.20. The average Bonchev–Trinajstić information content (AvgIpc) is 2.67. The Morgan fingerprint density at radius 3 is 1.72 bits per heavy atom. The summed E-state index contributed by atoms with van der Waals surface area (Å²) in [5, 5.41) is 0. The van der Waals surface area contributed by atoms with Gasteiger partial charge in [0.2, 0.25) is 0 Å². The standard InChI is InChI=1S/C23H35F5S/c1-2-3-4-5-18-6-8-19(9-7-18)20-10-12-21(13-11-20)22-14-16-23(17-15-22)29(24,25,26,27)28/h14-21H,2-13H2,1H3/t18-,19-,20-,21-. The molecular formula is C23H35F5S. The molecule has 29 heavy (non-hydrogen) atoms. The number of benzene rings is 1. The van der Waals surface area contributed by atoms with Crippen molar-refractivity contribution < 1.29 is 19.4 Å². The van der Waals surface area contributed by atoms with Crippen molar-refractivity contribution in [2.75, 3.05) is 0 Å². The van der Waals surface area contributed by atoms with E-state index < -0.39 is 15.1 Å². The van der Waals surface area contributed by atoms with Gasteiger partial charge in [0.25, 0.3) is 0 Å². The summed E-state index contributed by atoms with van der Waals surface area (Å²) in [6.45, 7) is 2.24. The van der Waals surface area contributed by atoms with Crippen LogP contribution in [0.2, 0.25) is 0 Å². The van der Waals surface area contributed by atoms with E-state index in [1.165, 1.54) is 63.5 Å². The van der Waals surface area contributed by atoms with Crippen molar-refractivity contribution in [3.05, 3.63) is 29.8 Å². The van der Waals surface area contributed by atoms with Gasteiger partial charge in [0.15, 0.2) is 0 Å². The fraction of sp³-hybridized carbons (Fsp3) is 0.739. The second-order valence-electron chi connectivity index (χ2n) is 9.43. The monoisotopic (exact) mass is 438 g/mol. The van der Waals surface area contributed by atoms with E-state index in [9.17, 15) is 19.4 Å². The van der Waals surface area contributed by atoms with E-state index in [1.54, 1.807) is 0 Å². The van der Waals surface area contributed by atoms with E-state index in [0.717, 1.165) is 49.0 Å². The molecule has 0 amide bonds. The highest BCUT2D eigenvalue weighted by atomic mass is 32.5. The molecule has 2 fully saturated rings. The van der Waals surface area contributed by atoms with Crippen molar-refractivity contribution in [2.45, 2.75) is 94.8 Å². The third kappa shape index (κ3) is 6.35. The third-order valence-corrected chi connectivity index (χ3v) is 8.51. The summed E-state index contributed by atoms with van der Waals surface area (Å²) in [5.41, 5.74) is 0.772. The molecule has 0 spiro atoms. The molecule has 0 nitrogen and oxygen atoms in total. The molecule has 0 atom stereocenters. The van der Waals surface area contributed by atoms with E-state index in [2.05, 4.69) is 6.92 Å². The van der Waals surface area contributed by atoms with Crippen LogP contribution in [0.1, 0.15) is 95.5 Å². The second kappa shape index (κ2) is 8.05. The molecule has 168 valence electrons. The van der Waals surface area contributed by atoms with Gasteiger partial charge in [0, 0.05) is 0 Å². The largest absolute Gasteiger partial charge is 0.310 e. The maximum atomic E-state index is 12.9. The third-order valence-electron chi connectivity index (χ3n) is 7.34. The van der Waals surface area contributed by atoms with E-state index in [1.807, 2.05) is 0 Å². The maximum absolute atomic E-state index is 12.9. The Bertz CT molecular complexity index is 651. The molecule has 0 aliphatic heterocycles. The predicted octanol–water partition coefficient (Wildman–Crippen LogP) is 10.0. The lowest BCUT2D eigenvalue weighted by Crippen LogP contribution is -2.25. The van der Waals surface area contributed by atoms with Crippen LogP contribution in [0.25, 0.3) is 0 Å². The van der Waals surface area contributed by atoms with Gasteiger partial charge < -0.3 is 0 Å². The molecule has 0 bridgehead atoms. The average molecular weight is 439 g/mol. The van der Waals surface area contributed by atoms with Crippen molar-refractivity contribution in [1.29, 1.82) is 0 Å². The van der Waals surface area contributed by atoms with Gasteiger partial charge in [-0.3, -0.25) is 0 Å². The lowest BCUT2D eigenvalue weighted by molar-refractivity contribution is 0.155. The first-order valence-corrected chi connectivity index (χ1v) is 13.3. The zero-order valence-electron chi connectivity index (χ0n) is 17.4. The number of unbranched alkanes of at least 4 members (excludes halogenated alkanes) is 2. The van der Waals surface area contributed by atoms with E-state index in [4.69, 9.17) is 0 Å². The molecular weight excluding hydrogens is 403 g/mol. The first-order chi connectivity index (χ1) is 13.5. The number of halogens is 5. The van der Waals surface area contributed by atoms with Crippen LogP contribution in [0, 0.1) is 17.8 Å². The summed E-state index contributed by atoms with van der Waals surface area (Å²) >= 11 is 0. The summed E-state index contributed by atoms with van der Waals surface area (Å²) in [7, 11) is -9.56. The Balaban J connectivity index is 1.48. The molecule has 0 saturated heterocycles. The first-order valence-electron chi connectivity index (χ1n) is 11.3. The van der Waals surface area contributed by atoms with Crippen LogP contribution in [0.4, 0.5) is 19.4 Å². The predicted molar refractivity (Wildman–Crippen MR) is 112 cm³/mol. The molecule has 0 heterocycles. The second-order valence-corrected chi connectivity index (χ2v) is 11.8. The Hall–Kier alpha value is -0.780. The SMILES string of the molecule is CCCCC[C@H]1CC[C@H]([C@H]2CC[C@H](c3ccc(S(F)(F)(F)(F)F)cc3)CC2)CC1. The van der Waals surface area contributed by atoms with Gasteiger partial charge in [-0.15, -0.1) is 0 Å². The highest BCUT2D eigenvalue weighted by molar-refractivity contribution is 8.45. The van der Waals surface area contributed by atoms with Crippen molar-refractivity contribution in [3.8, 4) is 0 Å². The van der Waals surface area contributed by atoms with Gasteiger partial charge in [-0.25, -0.2) is 0 Å². The van der Waals surface area contributed by atoms with Crippen molar-refractivity contribution in [3.63, 3.8) is 0 Å². The Morgan fingerprint density at radius 1 is 0.724 bits per heavy atom. The van der Waals surface area contributed by atoms with Crippen LogP contribution in [0.15, 0.2) is 29.2 Å². The molecule has 0 N–H and O–H groups in total. The minimum Gasteiger partial charge on any atom is -0.0936 e. The van der Waals surface area contributed by atoms with Crippen molar-refractivity contribution >= 4 is 10.2 Å².